The molecule has 0 amide bonds. The smallest absolute Gasteiger partial charge is 0.0994 e. The first kappa shape index (κ1) is 13.6. The van der Waals surface area contributed by atoms with E-state index in [1.54, 1.807) is 6.21 Å². The minimum absolute atomic E-state index is 0.0121. The van der Waals surface area contributed by atoms with E-state index in [4.69, 9.17) is 0 Å². The first-order valence-corrected chi connectivity index (χ1v) is 6.05. The zero-order chi connectivity index (χ0) is 12.8. The molecule has 0 aromatic rings. The van der Waals surface area contributed by atoms with Gasteiger partial charge in [-0.3, -0.25) is 0 Å². The van der Waals surface area contributed by atoms with Crippen LogP contribution in [0.5, 0.6) is 0 Å². The second-order valence-corrected chi connectivity index (χ2v) is 4.99. The van der Waals surface area contributed by atoms with E-state index >= 15 is 0 Å². The summed E-state index contributed by atoms with van der Waals surface area (Å²) in [4.78, 5) is 4.28. The Morgan fingerprint density at radius 1 is 1.59 bits per heavy atom. The highest BCUT2D eigenvalue weighted by molar-refractivity contribution is 9.11. The van der Waals surface area contributed by atoms with Gasteiger partial charge in [0.25, 0.3) is 0 Å². The van der Waals surface area contributed by atoms with E-state index in [-0.39, 0.29) is 11.8 Å². The van der Waals surface area contributed by atoms with Crippen molar-refractivity contribution < 1.29 is 0 Å². The molecule has 1 rings (SSSR count). The molecular weight excluding hydrogens is 274 g/mol. The van der Waals surface area contributed by atoms with Crippen molar-refractivity contribution in [2.75, 3.05) is 0 Å². The largest absolute Gasteiger partial charge is 0.243 e. The third-order valence-electron chi connectivity index (χ3n) is 2.33. The van der Waals surface area contributed by atoms with E-state index in [0.29, 0.717) is 0 Å². The third-order valence-corrected chi connectivity index (χ3v) is 2.53. The minimum atomic E-state index is 0.0121. The average molecular weight is 288 g/mol. The lowest BCUT2D eigenvalue weighted by molar-refractivity contribution is 0.627. The number of nitrogens with zero attached hydrogens (tertiary/aromatic N) is 1. The minimum Gasteiger partial charge on any atom is -0.243 e. The maximum absolute atomic E-state index is 4.28. The number of hydrogen-bond donors (Lipinski definition) is 0. The SMILES string of the molecule is C=CC1C(=C=C=C(C)Br)N=CC#CC1C(=C)C. The van der Waals surface area contributed by atoms with Crippen molar-refractivity contribution in [2.24, 2.45) is 16.8 Å². The van der Waals surface area contributed by atoms with Crippen molar-refractivity contribution in [3.05, 3.63) is 46.4 Å². The van der Waals surface area contributed by atoms with Crippen molar-refractivity contribution in [1.29, 1.82) is 0 Å². The Bertz CT molecular complexity index is 523. The molecule has 0 spiro atoms. The lowest BCUT2D eigenvalue weighted by Crippen LogP contribution is -2.12. The van der Waals surface area contributed by atoms with Crippen molar-refractivity contribution in [1.82, 2.24) is 0 Å². The Morgan fingerprint density at radius 2 is 2.29 bits per heavy atom. The molecule has 0 fully saturated rings. The molecule has 0 aromatic carbocycles. The van der Waals surface area contributed by atoms with Crippen LogP contribution < -0.4 is 0 Å². The lowest BCUT2D eigenvalue weighted by Gasteiger charge is -2.17. The van der Waals surface area contributed by atoms with Gasteiger partial charge in [0.15, 0.2) is 0 Å². The number of aliphatic imine (C=N–C) groups is 1. The van der Waals surface area contributed by atoms with E-state index in [2.05, 4.69) is 57.4 Å². The summed E-state index contributed by atoms with van der Waals surface area (Å²) in [6.07, 6.45) is 3.43. The number of halogens is 1. The Kier molecular flexibility index (Phi) is 5.01. The van der Waals surface area contributed by atoms with Crippen LogP contribution in [-0.2, 0) is 0 Å². The van der Waals surface area contributed by atoms with Crippen LogP contribution in [0.3, 0.4) is 0 Å². The van der Waals surface area contributed by atoms with E-state index in [9.17, 15) is 0 Å². The maximum Gasteiger partial charge on any atom is 0.0994 e. The van der Waals surface area contributed by atoms with Crippen LogP contribution in [0.15, 0.2) is 51.4 Å². The highest BCUT2D eigenvalue weighted by Gasteiger charge is 2.22. The molecule has 1 aliphatic rings. The van der Waals surface area contributed by atoms with Crippen LogP contribution >= 0.6 is 15.9 Å². The van der Waals surface area contributed by atoms with Gasteiger partial charge in [-0.1, -0.05) is 35.8 Å². The first-order chi connectivity index (χ1) is 8.06. The van der Waals surface area contributed by atoms with Crippen LogP contribution in [0.2, 0.25) is 0 Å². The van der Waals surface area contributed by atoms with E-state index < -0.39 is 0 Å². The standard InChI is InChI=1S/C15H14BrN/c1-5-13-14(11(2)3)7-6-10-17-15(13)9-8-12(4)16/h5,10,13-14H,1-2H2,3-4H3. The topological polar surface area (TPSA) is 12.4 Å². The van der Waals surface area contributed by atoms with Crippen molar-refractivity contribution in [3.8, 4) is 11.8 Å². The molecule has 0 saturated carbocycles. The van der Waals surface area contributed by atoms with Crippen LogP contribution in [0.4, 0.5) is 0 Å². The van der Waals surface area contributed by atoms with Gasteiger partial charge in [0.05, 0.1) is 17.8 Å². The molecule has 0 saturated heterocycles. The predicted octanol–water partition coefficient (Wildman–Crippen LogP) is 4.01. The molecule has 0 N–H and O–H groups in total. The van der Waals surface area contributed by atoms with E-state index in [1.165, 1.54) is 0 Å². The second kappa shape index (κ2) is 6.28. The van der Waals surface area contributed by atoms with E-state index in [1.807, 2.05) is 19.9 Å². The summed E-state index contributed by atoms with van der Waals surface area (Å²) in [6, 6.07) is 0. The van der Waals surface area contributed by atoms with Gasteiger partial charge in [-0.15, -0.1) is 6.58 Å². The van der Waals surface area contributed by atoms with Gasteiger partial charge in [-0.2, -0.15) is 0 Å². The molecule has 2 atom stereocenters. The Hall–Kier alpha value is -1.51. The molecule has 0 aliphatic carbocycles. The fraction of sp³-hybridized carbons (Fsp3) is 0.267. The highest BCUT2D eigenvalue weighted by atomic mass is 79.9. The van der Waals surface area contributed by atoms with Gasteiger partial charge in [0.1, 0.15) is 0 Å². The zero-order valence-electron chi connectivity index (χ0n) is 10.0. The summed E-state index contributed by atoms with van der Waals surface area (Å²) in [6.45, 7) is 11.7. The number of allylic oxidation sites excluding steroid dienone is 3. The molecule has 1 heterocycles. The summed E-state index contributed by atoms with van der Waals surface area (Å²) < 4.78 is 0.875. The molecule has 17 heavy (non-hydrogen) atoms. The molecule has 0 radical (unpaired) electrons. The van der Waals surface area contributed by atoms with Crippen LogP contribution in [0, 0.1) is 23.7 Å². The second-order valence-electron chi connectivity index (χ2n) is 3.80. The van der Waals surface area contributed by atoms with Crippen molar-refractivity contribution in [3.63, 3.8) is 0 Å². The summed E-state index contributed by atoms with van der Waals surface area (Å²) in [5.41, 5.74) is 7.78. The normalized spacial score (nSPS) is 21.5. The molecule has 86 valence electrons. The van der Waals surface area contributed by atoms with E-state index in [0.717, 1.165) is 15.8 Å². The van der Waals surface area contributed by atoms with Crippen molar-refractivity contribution in [2.45, 2.75) is 13.8 Å². The molecule has 2 heteroatoms. The molecule has 2 unspecified atom stereocenters. The summed E-state index contributed by atoms with van der Waals surface area (Å²) in [5, 5.41) is 0. The van der Waals surface area contributed by atoms with Gasteiger partial charge in [-0.05, 0) is 35.5 Å². The molecular formula is C15H14BrN. The number of hydrogen-bond acceptors (Lipinski definition) is 1. The summed E-state index contributed by atoms with van der Waals surface area (Å²) >= 11 is 3.31. The summed E-state index contributed by atoms with van der Waals surface area (Å²) in [7, 11) is 0. The molecule has 1 aliphatic heterocycles. The summed E-state index contributed by atoms with van der Waals surface area (Å²) in [5.74, 6) is 6.07. The monoisotopic (exact) mass is 287 g/mol. The Balaban J connectivity index is 3.35. The maximum atomic E-state index is 4.28. The predicted molar refractivity (Wildman–Crippen MR) is 76.9 cm³/mol. The van der Waals surface area contributed by atoms with Gasteiger partial charge in [-0.25, -0.2) is 4.99 Å². The fourth-order valence-corrected chi connectivity index (χ4v) is 1.60. The zero-order valence-corrected chi connectivity index (χ0v) is 11.6. The lowest BCUT2D eigenvalue weighted by atomic mass is 9.86. The average Bonchev–Trinajstić information content (AvgIpc) is 2.47. The third kappa shape index (κ3) is 3.77. The molecule has 0 aromatic heterocycles. The van der Waals surface area contributed by atoms with Gasteiger partial charge >= 0.3 is 0 Å². The highest BCUT2D eigenvalue weighted by Crippen LogP contribution is 2.28. The number of rotatable bonds is 2. The van der Waals surface area contributed by atoms with Gasteiger partial charge in [0, 0.05) is 10.4 Å². The van der Waals surface area contributed by atoms with Crippen molar-refractivity contribution >= 4 is 22.1 Å². The molecule has 0 bridgehead atoms. The fourth-order valence-electron chi connectivity index (χ4n) is 1.51. The van der Waals surface area contributed by atoms with Gasteiger partial charge < -0.3 is 0 Å². The van der Waals surface area contributed by atoms with Gasteiger partial charge in [0.2, 0.25) is 0 Å². The Morgan fingerprint density at radius 3 is 2.82 bits per heavy atom. The van der Waals surface area contributed by atoms with Crippen LogP contribution in [-0.4, -0.2) is 6.21 Å². The van der Waals surface area contributed by atoms with Crippen LogP contribution in [0.1, 0.15) is 13.8 Å². The quantitative estimate of drug-likeness (QED) is 0.413. The first-order valence-electron chi connectivity index (χ1n) is 5.25. The molecule has 1 nitrogen and oxygen atoms in total. The van der Waals surface area contributed by atoms with Crippen LogP contribution in [0.25, 0.3) is 0 Å². The Labute approximate surface area is 111 Å².